The van der Waals surface area contributed by atoms with Gasteiger partial charge in [-0.25, -0.2) is 0 Å². The monoisotopic (exact) mass is 222 g/mol. The highest BCUT2D eigenvalue weighted by molar-refractivity contribution is 5.76. The average Bonchev–Trinajstić information content (AvgIpc) is 2.29. The normalized spacial score (nSPS) is 14.2. The van der Waals surface area contributed by atoms with Crippen LogP contribution in [0.15, 0.2) is 24.3 Å². The lowest BCUT2D eigenvalue weighted by molar-refractivity contribution is -0.140. The second-order valence-corrected chi connectivity index (χ2v) is 3.98. The van der Waals surface area contributed by atoms with Crippen LogP contribution in [0, 0.1) is 5.92 Å². The first kappa shape index (κ1) is 12.6. The molecule has 0 spiro atoms. The molecule has 0 bridgehead atoms. The Morgan fingerprint density at radius 1 is 1.50 bits per heavy atom. The van der Waals surface area contributed by atoms with Crippen LogP contribution < -0.4 is 4.74 Å². The summed E-state index contributed by atoms with van der Waals surface area (Å²) >= 11 is 0. The topological polar surface area (TPSA) is 46.5 Å². The fourth-order valence-electron chi connectivity index (χ4n) is 1.79. The van der Waals surface area contributed by atoms with E-state index in [1.807, 2.05) is 32.0 Å². The first-order valence-electron chi connectivity index (χ1n) is 5.46. The van der Waals surface area contributed by atoms with E-state index >= 15 is 0 Å². The van der Waals surface area contributed by atoms with Crippen LogP contribution >= 0.6 is 0 Å². The molecule has 88 valence electrons. The molecule has 16 heavy (non-hydrogen) atoms. The Morgan fingerprint density at radius 3 is 2.69 bits per heavy atom. The van der Waals surface area contributed by atoms with Gasteiger partial charge in [0.1, 0.15) is 5.75 Å². The molecular formula is C13H18O3. The molecule has 0 saturated heterocycles. The Hall–Kier alpha value is -1.51. The van der Waals surface area contributed by atoms with Gasteiger partial charge in [-0.15, -0.1) is 0 Å². The third-order valence-electron chi connectivity index (χ3n) is 2.93. The molecule has 0 saturated carbocycles. The van der Waals surface area contributed by atoms with Crippen molar-refractivity contribution < 1.29 is 14.6 Å². The van der Waals surface area contributed by atoms with Gasteiger partial charge in [0.15, 0.2) is 0 Å². The Bertz CT molecular complexity index is 360. The van der Waals surface area contributed by atoms with Crippen molar-refractivity contribution in [3.05, 3.63) is 29.8 Å². The van der Waals surface area contributed by atoms with E-state index in [1.54, 1.807) is 13.2 Å². The van der Waals surface area contributed by atoms with Crippen molar-refractivity contribution >= 4 is 5.97 Å². The lowest BCUT2D eigenvalue weighted by Crippen LogP contribution is -2.19. The van der Waals surface area contributed by atoms with Crippen molar-refractivity contribution in [1.29, 1.82) is 0 Å². The van der Waals surface area contributed by atoms with Crippen LogP contribution in [0.4, 0.5) is 0 Å². The third-order valence-corrected chi connectivity index (χ3v) is 2.93. The maximum absolute atomic E-state index is 11.3. The second-order valence-electron chi connectivity index (χ2n) is 3.98. The molecule has 1 rings (SSSR count). The van der Waals surface area contributed by atoms with Crippen molar-refractivity contribution in [2.24, 2.45) is 5.92 Å². The molecule has 1 N–H and O–H groups in total. The minimum Gasteiger partial charge on any atom is -0.497 e. The Balaban J connectivity index is 3.05. The molecule has 2 unspecified atom stereocenters. The summed E-state index contributed by atoms with van der Waals surface area (Å²) in [5, 5.41) is 9.25. The molecule has 1 aromatic carbocycles. The van der Waals surface area contributed by atoms with Crippen LogP contribution in [-0.4, -0.2) is 18.2 Å². The van der Waals surface area contributed by atoms with Crippen LogP contribution in [0.1, 0.15) is 31.7 Å². The van der Waals surface area contributed by atoms with E-state index in [9.17, 15) is 9.90 Å². The van der Waals surface area contributed by atoms with Crippen molar-refractivity contribution in [3.63, 3.8) is 0 Å². The van der Waals surface area contributed by atoms with Gasteiger partial charge in [0, 0.05) is 0 Å². The van der Waals surface area contributed by atoms with Gasteiger partial charge in [-0.1, -0.05) is 32.4 Å². The minimum atomic E-state index is -0.775. The molecule has 0 heterocycles. The van der Waals surface area contributed by atoms with Gasteiger partial charge >= 0.3 is 5.97 Å². The molecule has 0 aromatic heterocycles. The molecule has 0 radical (unpaired) electrons. The number of carboxylic acids is 1. The molecule has 3 nitrogen and oxygen atoms in total. The number of aliphatic carboxylic acids is 1. The van der Waals surface area contributed by atoms with Crippen LogP contribution in [-0.2, 0) is 4.79 Å². The van der Waals surface area contributed by atoms with E-state index in [2.05, 4.69) is 0 Å². The van der Waals surface area contributed by atoms with E-state index in [-0.39, 0.29) is 5.92 Å². The fraction of sp³-hybridized carbons (Fsp3) is 0.462. The van der Waals surface area contributed by atoms with Gasteiger partial charge in [-0.2, -0.15) is 0 Å². The first-order chi connectivity index (χ1) is 7.60. The molecule has 0 aliphatic rings. The summed E-state index contributed by atoms with van der Waals surface area (Å²) in [6.07, 6.45) is 0.841. The average molecular weight is 222 g/mol. The first-order valence-corrected chi connectivity index (χ1v) is 5.46. The summed E-state index contributed by atoms with van der Waals surface area (Å²) in [6, 6.07) is 7.28. The zero-order valence-corrected chi connectivity index (χ0v) is 9.93. The molecule has 2 atom stereocenters. The van der Waals surface area contributed by atoms with Gasteiger partial charge < -0.3 is 9.84 Å². The predicted octanol–water partition coefficient (Wildman–Crippen LogP) is 2.91. The molecule has 3 heteroatoms. The van der Waals surface area contributed by atoms with E-state index < -0.39 is 11.9 Å². The van der Waals surface area contributed by atoms with Gasteiger partial charge in [0.2, 0.25) is 0 Å². The molecule has 1 aromatic rings. The van der Waals surface area contributed by atoms with Crippen molar-refractivity contribution in [3.8, 4) is 5.75 Å². The maximum Gasteiger partial charge on any atom is 0.311 e. The lowest BCUT2D eigenvalue weighted by Gasteiger charge is -2.19. The van der Waals surface area contributed by atoms with E-state index in [0.29, 0.717) is 5.75 Å². The highest BCUT2D eigenvalue weighted by atomic mass is 16.5. The zero-order valence-electron chi connectivity index (χ0n) is 9.93. The van der Waals surface area contributed by atoms with Crippen molar-refractivity contribution in [1.82, 2.24) is 0 Å². The standard InChI is InChI=1S/C13H18O3/c1-4-9(2)12(13(14)15)10-6-5-7-11(8-10)16-3/h5-9,12H,4H2,1-3H3,(H,14,15). The highest BCUT2D eigenvalue weighted by Gasteiger charge is 2.25. The number of hydrogen-bond acceptors (Lipinski definition) is 2. The SMILES string of the molecule is CCC(C)C(C(=O)O)c1cccc(OC)c1. The zero-order chi connectivity index (χ0) is 12.1. The van der Waals surface area contributed by atoms with E-state index in [1.165, 1.54) is 0 Å². The number of rotatable bonds is 5. The van der Waals surface area contributed by atoms with Gasteiger partial charge in [-0.05, 0) is 23.6 Å². The quantitative estimate of drug-likeness (QED) is 0.833. The summed E-state index contributed by atoms with van der Waals surface area (Å²) < 4.78 is 5.11. The van der Waals surface area contributed by atoms with Crippen LogP contribution in [0.2, 0.25) is 0 Å². The van der Waals surface area contributed by atoms with E-state index in [4.69, 9.17) is 4.74 Å². The number of carboxylic acid groups (broad SMARTS) is 1. The third kappa shape index (κ3) is 2.75. The summed E-state index contributed by atoms with van der Waals surface area (Å²) in [4.78, 5) is 11.3. The van der Waals surface area contributed by atoms with Gasteiger partial charge in [0.05, 0.1) is 13.0 Å². The molecular weight excluding hydrogens is 204 g/mol. The molecule has 0 aliphatic carbocycles. The fourth-order valence-corrected chi connectivity index (χ4v) is 1.79. The number of methoxy groups -OCH3 is 1. The van der Waals surface area contributed by atoms with Gasteiger partial charge in [-0.3, -0.25) is 4.79 Å². The summed E-state index contributed by atoms with van der Waals surface area (Å²) in [6.45, 7) is 3.96. The maximum atomic E-state index is 11.3. The smallest absolute Gasteiger partial charge is 0.311 e. The summed E-state index contributed by atoms with van der Waals surface area (Å²) in [7, 11) is 1.58. The molecule has 0 fully saturated rings. The van der Waals surface area contributed by atoms with E-state index in [0.717, 1.165) is 12.0 Å². The Labute approximate surface area is 96.1 Å². The summed E-state index contributed by atoms with van der Waals surface area (Å²) in [5.74, 6) is -0.417. The minimum absolute atomic E-state index is 0.115. The number of carbonyl (C=O) groups is 1. The highest BCUT2D eigenvalue weighted by Crippen LogP contribution is 2.29. The largest absolute Gasteiger partial charge is 0.497 e. The lowest BCUT2D eigenvalue weighted by atomic mass is 9.85. The number of ether oxygens (including phenoxy) is 1. The Kier molecular flexibility index (Phi) is 4.35. The number of benzene rings is 1. The van der Waals surface area contributed by atoms with Crippen LogP contribution in [0.25, 0.3) is 0 Å². The van der Waals surface area contributed by atoms with Crippen molar-refractivity contribution in [2.45, 2.75) is 26.2 Å². The van der Waals surface area contributed by atoms with Crippen LogP contribution in [0.5, 0.6) is 5.75 Å². The van der Waals surface area contributed by atoms with Crippen LogP contribution in [0.3, 0.4) is 0 Å². The molecule has 0 aliphatic heterocycles. The predicted molar refractivity (Wildman–Crippen MR) is 62.8 cm³/mol. The van der Waals surface area contributed by atoms with Gasteiger partial charge in [0.25, 0.3) is 0 Å². The summed E-state index contributed by atoms with van der Waals surface area (Å²) in [5.41, 5.74) is 0.807. The molecule has 0 amide bonds. The Morgan fingerprint density at radius 2 is 2.19 bits per heavy atom. The van der Waals surface area contributed by atoms with Crippen molar-refractivity contribution in [2.75, 3.05) is 7.11 Å². The number of hydrogen-bond donors (Lipinski definition) is 1. The second kappa shape index (κ2) is 5.54.